The number of benzene rings is 1. The molecule has 1 unspecified atom stereocenters. The highest BCUT2D eigenvalue weighted by atomic mass is 79.9. The van der Waals surface area contributed by atoms with E-state index in [9.17, 15) is 0 Å². The molecule has 1 nitrogen and oxygen atoms in total. The van der Waals surface area contributed by atoms with Gasteiger partial charge in [0.1, 0.15) is 0 Å². The van der Waals surface area contributed by atoms with Gasteiger partial charge in [-0.1, -0.05) is 57.9 Å². The van der Waals surface area contributed by atoms with Crippen LogP contribution >= 0.6 is 31.9 Å². The largest absolute Gasteiger partial charge is 0.310 e. The van der Waals surface area contributed by atoms with Gasteiger partial charge in [-0.2, -0.15) is 0 Å². The van der Waals surface area contributed by atoms with Crippen LogP contribution in [0.3, 0.4) is 0 Å². The lowest BCUT2D eigenvalue weighted by Gasteiger charge is -2.21. The van der Waals surface area contributed by atoms with E-state index >= 15 is 0 Å². The maximum atomic E-state index is 4.11. The summed E-state index contributed by atoms with van der Waals surface area (Å²) in [5, 5.41) is 3.52. The van der Waals surface area contributed by atoms with Gasteiger partial charge in [0.2, 0.25) is 0 Å². The first-order valence-electron chi connectivity index (χ1n) is 5.93. The molecular weight excluding hydrogens is 342 g/mol. The number of hydrogen-bond donors (Lipinski definition) is 1. The van der Waals surface area contributed by atoms with Gasteiger partial charge in [0.05, 0.1) is 0 Å². The number of hydrogen-bond acceptors (Lipinski definition) is 1. The molecule has 94 valence electrons. The molecule has 1 aromatic carbocycles. The second kappa shape index (κ2) is 7.34. The van der Waals surface area contributed by atoms with Crippen molar-refractivity contribution in [2.75, 3.05) is 6.54 Å². The molecule has 0 bridgehead atoms. The van der Waals surface area contributed by atoms with E-state index in [1.54, 1.807) is 0 Å². The van der Waals surface area contributed by atoms with Crippen molar-refractivity contribution in [2.45, 2.75) is 32.7 Å². The van der Waals surface area contributed by atoms with Gasteiger partial charge in [-0.25, -0.2) is 0 Å². The zero-order valence-electron chi connectivity index (χ0n) is 10.4. The molecule has 0 fully saturated rings. The third kappa shape index (κ3) is 4.57. The monoisotopic (exact) mass is 359 g/mol. The predicted molar refractivity (Wildman–Crippen MR) is 82.3 cm³/mol. The van der Waals surface area contributed by atoms with Crippen LogP contribution in [0.1, 0.15) is 38.3 Å². The third-order valence-electron chi connectivity index (χ3n) is 2.78. The highest BCUT2D eigenvalue weighted by Gasteiger charge is 2.14. The number of halogens is 2. The van der Waals surface area contributed by atoms with Crippen LogP contribution in [0.25, 0.3) is 0 Å². The van der Waals surface area contributed by atoms with Gasteiger partial charge in [-0.05, 0) is 43.1 Å². The number of rotatable bonds is 6. The van der Waals surface area contributed by atoms with Crippen LogP contribution in [0.2, 0.25) is 0 Å². The van der Waals surface area contributed by atoms with Crippen molar-refractivity contribution in [1.29, 1.82) is 0 Å². The van der Waals surface area contributed by atoms with Gasteiger partial charge < -0.3 is 5.32 Å². The molecule has 3 heteroatoms. The summed E-state index contributed by atoms with van der Waals surface area (Å²) >= 11 is 7.15. The van der Waals surface area contributed by atoms with E-state index in [0.717, 1.165) is 28.3 Å². The summed E-state index contributed by atoms with van der Waals surface area (Å²) in [6, 6.07) is 6.63. The minimum atomic E-state index is 0.333. The summed E-state index contributed by atoms with van der Waals surface area (Å²) < 4.78 is 2.26. The van der Waals surface area contributed by atoms with Crippen molar-refractivity contribution in [3.05, 3.63) is 44.9 Å². The van der Waals surface area contributed by atoms with Crippen LogP contribution in [0, 0.1) is 0 Å². The first kappa shape index (κ1) is 14.9. The Kier molecular flexibility index (Phi) is 6.45. The molecule has 1 N–H and O–H groups in total. The first-order chi connectivity index (χ1) is 8.08. The Morgan fingerprint density at radius 3 is 2.65 bits per heavy atom. The standard InChI is InChI=1S/C14H19Br2N/c1-4-10(3)8-14(17-5-2)12-9-11(15)6-7-13(12)16/h6-7,9,14,17H,3-5,8H2,1-2H3. The molecule has 0 aromatic heterocycles. The highest BCUT2D eigenvalue weighted by Crippen LogP contribution is 2.30. The second-order valence-electron chi connectivity index (χ2n) is 4.08. The maximum Gasteiger partial charge on any atom is 0.0369 e. The smallest absolute Gasteiger partial charge is 0.0369 e. The van der Waals surface area contributed by atoms with E-state index in [-0.39, 0.29) is 0 Å². The molecule has 0 saturated carbocycles. The Labute approximate surface area is 121 Å². The zero-order valence-corrected chi connectivity index (χ0v) is 13.6. The van der Waals surface area contributed by atoms with Crippen molar-refractivity contribution < 1.29 is 0 Å². The van der Waals surface area contributed by atoms with Gasteiger partial charge in [0.15, 0.2) is 0 Å². The molecule has 1 aromatic rings. The lowest BCUT2D eigenvalue weighted by atomic mass is 9.98. The van der Waals surface area contributed by atoms with Gasteiger partial charge >= 0.3 is 0 Å². The molecule has 1 atom stereocenters. The average Bonchev–Trinajstić information content (AvgIpc) is 2.31. The molecule has 17 heavy (non-hydrogen) atoms. The zero-order chi connectivity index (χ0) is 12.8. The van der Waals surface area contributed by atoms with Crippen LogP contribution in [0.4, 0.5) is 0 Å². The summed E-state index contributed by atoms with van der Waals surface area (Å²) in [6.07, 6.45) is 2.02. The van der Waals surface area contributed by atoms with Crippen molar-refractivity contribution in [3.8, 4) is 0 Å². The number of nitrogens with one attached hydrogen (secondary N) is 1. The molecule has 0 aliphatic carbocycles. The van der Waals surface area contributed by atoms with E-state index < -0.39 is 0 Å². The Morgan fingerprint density at radius 2 is 2.06 bits per heavy atom. The van der Waals surface area contributed by atoms with Crippen molar-refractivity contribution in [3.63, 3.8) is 0 Å². The molecule has 0 aliphatic heterocycles. The Bertz CT molecular complexity index is 388. The Hall–Kier alpha value is -0.120. The second-order valence-corrected chi connectivity index (χ2v) is 5.85. The van der Waals surface area contributed by atoms with E-state index in [0.29, 0.717) is 6.04 Å². The molecular formula is C14H19Br2N. The highest BCUT2D eigenvalue weighted by molar-refractivity contribution is 9.11. The normalized spacial score (nSPS) is 12.5. The lowest BCUT2D eigenvalue weighted by molar-refractivity contribution is 0.541. The Morgan fingerprint density at radius 1 is 1.35 bits per heavy atom. The van der Waals surface area contributed by atoms with E-state index in [1.165, 1.54) is 11.1 Å². The topological polar surface area (TPSA) is 12.0 Å². The molecule has 0 amide bonds. The van der Waals surface area contributed by atoms with Crippen molar-refractivity contribution in [2.24, 2.45) is 0 Å². The van der Waals surface area contributed by atoms with E-state index in [4.69, 9.17) is 0 Å². The van der Waals surface area contributed by atoms with Crippen molar-refractivity contribution >= 4 is 31.9 Å². The molecule has 0 heterocycles. The summed E-state index contributed by atoms with van der Waals surface area (Å²) in [5.41, 5.74) is 2.57. The van der Waals surface area contributed by atoms with Crippen molar-refractivity contribution in [1.82, 2.24) is 5.32 Å². The van der Waals surface area contributed by atoms with E-state index in [1.807, 2.05) is 6.07 Å². The predicted octanol–water partition coefficient (Wildman–Crippen LogP) is 5.22. The average molecular weight is 361 g/mol. The molecule has 0 aliphatic rings. The summed E-state index contributed by atoms with van der Waals surface area (Å²) in [6.45, 7) is 9.35. The fourth-order valence-electron chi connectivity index (χ4n) is 1.75. The van der Waals surface area contributed by atoms with E-state index in [2.05, 4.69) is 69.7 Å². The lowest BCUT2D eigenvalue weighted by Crippen LogP contribution is -2.21. The fraction of sp³-hybridized carbons (Fsp3) is 0.429. The Balaban J connectivity index is 2.95. The minimum absolute atomic E-state index is 0.333. The SMILES string of the molecule is C=C(CC)CC(NCC)c1cc(Br)ccc1Br. The summed E-state index contributed by atoms with van der Waals surface area (Å²) in [5.74, 6) is 0. The molecule has 0 radical (unpaired) electrons. The quantitative estimate of drug-likeness (QED) is 0.686. The van der Waals surface area contributed by atoms with Crippen LogP contribution in [0.5, 0.6) is 0 Å². The fourth-order valence-corrected chi connectivity index (χ4v) is 2.65. The molecule has 0 spiro atoms. The molecule has 1 rings (SSSR count). The van der Waals surface area contributed by atoms with Gasteiger partial charge in [0.25, 0.3) is 0 Å². The van der Waals surface area contributed by atoms with Crippen LogP contribution in [0.15, 0.2) is 39.3 Å². The molecule has 0 saturated heterocycles. The van der Waals surface area contributed by atoms with Crippen LogP contribution in [-0.2, 0) is 0 Å². The van der Waals surface area contributed by atoms with Gasteiger partial charge in [-0.3, -0.25) is 0 Å². The summed E-state index contributed by atoms with van der Waals surface area (Å²) in [4.78, 5) is 0. The third-order valence-corrected chi connectivity index (χ3v) is 3.99. The van der Waals surface area contributed by atoms with Crippen LogP contribution in [-0.4, -0.2) is 6.54 Å². The van der Waals surface area contributed by atoms with Crippen LogP contribution < -0.4 is 5.32 Å². The minimum Gasteiger partial charge on any atom is -0.310 e. The maximum absolute atomic E-state index is 4.11. The summed E-state index contributed by atoms with van der Waals surface area (Å²) in [7, 11) is 0. The first-order valence-corrected chi connectivity index (χ1v) is 7.52. The van der Waals surface area contributed by atoms with Gasteiger partial charge in [-0.15, -0.1) is 0 Å². The van der Waals surface area contributed by atoms with Gasteiger partial charge in [0, 0.05) is 15.0 Å².